The third-order valence-corrected chi connectivity index (χ3v) is 3.50. The zero-order valence-electron chi connectivity index (χ0n) is 9.27. The van der Waals surface area contributed by atoms with Crippen molar-refractivity contribution in [2.24, 2.45) is 0 Å². The normalized spacial score (nSPS) is 31.7. The Bertz CT molecular complexity index is 279. The lowest BCUT2D eigenvalue weighted by Crippen LogP contribution is -2.40. The van der Waals surface area contributed by atoms with E-state index >= 15 is 0 Å². The molecular formula is C11H18N2OS. The third-order valence-electron chi connectivity index (χ3n) is 2.72. The van der Waals surface area contributed by atoms with Crippen LogP contribution in [0.4, 0.5) is 0 Å². The molecule has 2 unspecified atom stereocenters. The predicted octanol–water partition coefficient (Wildman–Crippen LogP) is 2.19. The van der Waals surface area contributed by atoms with Crippen LogP contribution in [0, 0.1) is 0 Å². The van der Waals surface area contributed by atoms with Crippen molar-refractivity contribution in [1.82, 2.24) is 10.3 Å². The number of hydrogen-bond acceptors (Lipinski definition) is 4. The Kier molecular flexibility index (Phi) is 3.72. The van der Waals surface area contributed by atoms with Gasteiger partial charge in [-0.15, -0.1) is 11.3 Å². The summed E-state index contributed by atoms with van der Waals surface area (Å²) in [5.74, 6) is 0. The van der Waals surface area contributed by atoms with E-state index in [4.69, 9.17) is 4.74 Å². The van der Waals surface area contributed by atoms with Gasteiger partial charge in [-0.05, 0) is 26.7 Å². The van der Waals surface area contributed by atoms with Gasteiger partial charge in [0.15, 0.2) is 0 Å². The molecule has 1 aliphatic heterocycles. The molecule has 2 heterocycles. The molecule has 1 saturated heterocycles. The minimum Gasteiger partial charge on any atom is -0.375 e. The quantitative estimate of drug-likeness (QED) is 0.858. The number of thiazole rings is 1. The SMILES string of the molecule is CC1CC(NCc2nccs2)CC(C)O1. The van der Waals surface area contributed by atoms with Gasteiger partial charge >= 0.3 is 0 Å². The van der Waals surface area contributed by atoms with Gasteiger partial charge in [0.25, 0.3) is 0 Å². The Hall–Kier alpha value is -0.450. The molecule has 0 spiro atoms. The summed E-state index contributed by atoms with van der Waals surface area (Å²) < 4.78 is 5.70. The van der Waals surface area contributed by atoms with Crippen LogP contribution in [0.1, 0.15) is 31.7 Å². The van der Waals surface area contributed by atoms with Gasteiger partial charge in [0, 0.05) is 24.2 Å². The molecule has 3 nitrogen and oxygen atoms in total. The summed E-state index contributed by atoms with van der Waals surface area (Å²) >= 11 is 1.71. The lowest BCUT2D eigenvalue weighted by molar-refractivity contribution is -0.0422. The van der Waals surface area contributed by atoms with E-state index in [1.54, 1.807) is 11.3 Å². The van der Waals surface area contributed by atoms with Crippen molar-refractivity contribution in [3.8, 4) is 0 Å². The minimum absolute atomic E-state index is 0.377. The first-order chi connectivity index (χ1) is 7.24. The van der Waals surface area contributed by atoms with Gasteiger partial charge in [-0.2, -0.15) is 0 Å². The molecular weight excluding hydrogens is 208 g/mol. The summed E-state index contributed by atoms with van der Waals surface area (Å²) in [7, 11) is 0. The lowest BCUT2D eigenvalue weighted by Gasteiger charge is -2.32. The topological polar surface area (TPSA) is 34.2 Å². The molecule has 1 aliphatic rings. The average molecular weight is 226 g/mol. The molecule has 0 bridgehead atoms. The molecule has 0 radical (unpaired) electrons. The first-order valence-electron chi connectivity index (χ1n) is 5.51. The average Bonchev–Trinajstić information content (AvgIpc) is 2.65. The van der Waals surface area contributed by atoms with Crippen LogP contribution in [0.25, 0.3) is 0 Å². The largest absolute Gasteiger partial charge is 0.375 e. The molecule has 2 rings (SSSR count). The van der Waals surface area contributed by atoms with Crippen LogP contribution in [0.15, 0.2) is 11.6 Å². The fourth-order valence-corrected chi connectivity index (χ4v) is 2.71. The molecule has 1 fully saturated rings. The van der Waals surface area contributed by atoms with Crippen LogP contribution >= 0.6 is 11.3 Å². The van der Waals surface area contributed by atoms with E-state index in [2.05, 4.69) is 24.1 Å². The van der Waals surface area contributed by atoms with Crippen LogP contribution in [-0.2, 0) is 11.3 Å². The van der Waals surface area contributed by atoms with Crippen molar-refractivity contribution in [3.05, 3.63) is 16.6 Å². The number of aromatic nitrogens is 1. The fourth-order valence-electron chi connectivity index (χ4n) is 2.14. The van der Waals surface area contributed by atoms with Gasteiger partial charge < -0.3 is 10.1 Å². The van der Waals surface area contributed by atoms with Crippen molar-refractivity contribution in [1.29, 1.82) is 0 Å². The highest BCUT2D eigenvalue weighted by molar-refractivity contribution is 7.09. The molecule has 4 heteroatoms. The molecule has 2 atom stereocenters. The Labute approximate surface area is 94.9 Å². The number of hydrogen-bond donors (Lipinski definition) is 1. The summed E-state index contributed by atoms with van der Waals surface area (Å²) in [6.07, 6.45) is 4.83. The smallest absolute Gasteiger partial charge is 0.106 e. The maximum Gasteiger partial charge on any atom is 0.106 e. The highest BCUT2D eigenvalue weighted by atomic mass is 32.1. The molecule has 0 aromatic carbocycles. The van der Waals surface area contributed by atoms with Gasteiger partial charge in [-0.3, -0.25) is 0 Å². The highest BCUT2D eigenvalue weighted by Crippen LogP contribution is 2.19. The summed E-state index contributed by atoms with van der Waals surface area (Å²) in [6.45, 7) is 5.18. The van der Waals surface area contributed by atoms with Crippen molar-refractivity contribution in [2.75, 3.05) is 0 Å². The Morgan fingerprint density at radius 3 is 2.80 bits per heavy atom. The van der Waals surface area contributed by atoms with E-state index < -0.39 is 0 Å². The van der Waals surface area contributed by atoms with Crippen LogP contribution in [0.5, 0.6) is 0 Å². The Balaban J connectivity index is 1.79. The van der Waals surface area contributed by atoms with Gasteiger partial charge in [-0.25, -0.2) is 4.98 Å². The molecule has 0 aliphatic carbocycles. The van der Waals surface area contributed by atoms with E-state index in [-0.39, 0.29) is 0 Å². The molecule has 84 valence electrons. The van der Waals surface area contributed by atoms with E-state index in [0.29, 0.717) is 18.2 Å². The van der Waals surface area contributed by atoms with Crippen molar-refractivity contribution in [3.63, 3.8) is 0 Å². The van der Waals surface area contributed by atoms with Gasteiger partial charge in [0.05, 0.1) is 12.2 Å². The number of rotatable bonds is 3. The van der Waals surface area contributed by atoms with Gasteiger partial charge in [0.1, 0.15) is 5.01 Å². The molecule has 1 N–H and O–H groups in total. The predicted molar refractivity (Wildman–Crippen MR) is 62.0 cm³/mol. The molecule has 1 aromatic rings. The summed E-state index contributed by atoms with van der Waals surface area (Å²) in [5.41, 5.74) is 0. The summed E-state index contributed by atoms with van der Waals surface area (Å²) in [5, 5.41) is 6.74. The summed E-state index contributed by atoms with van der Waals surface area (Å²) in [6, 6.07) is 0.577. The zero-order valence-corrected chi connectivity index (χ0v) is 10.1. The van der Waals surface area contributed by atoms with E-state index in [1.807, 2.05) is 11.6 Å². The van der Waals surface area contributed by atoms with Crippen LogP contribution in [0.3, 0.4) is 0 Å². The van der Waals surface area contributed by atoms with E-state index in [1.165, 1.54) is 5.01 Å². The monoisotopic (exact) mass is 226 g/mol. The van der Waals surface area contributed by atoms with Crippen LogP contribution in [-0.4, -0.2) is 23.2 Å². The highest BCUT2D eigenvalue weighted by Gasteiger charge is 2.23. The third kappa shape index (κ3) is 3.26. The second-order valence-corrected chi connectivity index (χ2v) is 5.21. The standard InChI is InChI=1S/C11H18N2OS/c1-8-5-10(6-9(2)14-8)13-7-11-12-3-4-15-11/h3-4,8-10,13H,5-7H2,1-2H3. The first kappa shape index (κ1) is 11.0. The maximum atomic E-state index is 5.70. The zero-order chi connectivity index (χ0) is 10.7. The fraction of sp³-hybridized carbons (Fsp3) is 0.727. The van der Waals surface area contributed by atoms with E-state index in [9.17, 15) is 0 Å². The van der Waals surface area contributed by atoms with Crippen molar-refractivity contribution in [2.45, 2.75) is 51.5 Å². The van der Waals surface area contributed by atoms with E-state index in [0.717, 1.165) is 19.4 Å². The Morgan fingerprint density at radius 2 is 2.20 bits per heavy atom. The van der Waals surface area contributed by atoms with Crippen molar-refractivity contribution < 1.29 is 4.74 Å². The van der Waals surface area contributed by atoms with Gasteiger partial charge in [0.2, 0.25) is 0 Å². The molecule has 15 heavy (non-hydrogen) atoms. The Morgan fingerprint density at radius 1 is 1.47 bits per heavy atom. The molecule has 0 amide bonds. The number of nitrogens with zero attached hydrogens (tertiary/aromatic N) is 1. The maximum absolute atomic E-state index is 5.70. The lowest BCUT2D eigenvalue weighted by atomic mass is 10.00. The summed E-state index contributed by atoms with van der Waals surface area (Å²) in [4.78, 5) is 4.26. The molecule has 1 aromatic heterocycles. The van der Waals surface area contributed by atoms with Crippen LogP contribution in [0.2, 0.25) is 0 Å². The van der Waals surface area contributed by atoms with Crippen molar-refractivity contribution >= 4 is 11.3 Å². The second kappa shape index (κ2) is 5.05. The number of ether oxygens (including phenoxy) is 1. The van der Waals surface area contributed by atoms with Crippen LogP contribution < -0.4 is 5.32 Å². The van der Waals surface area contributed by atoms with Gasteiger partial charge in [-0.1, -0.05) is 0 Å². The minimum atomic E-state index is 0.377. The first-order valence-corrected chi connectivity index (χ1v) is 6.39. The number of nitrogens with one attached hydrogen (secondary N) is 1. The second-order valence-electron chi connectivity index (χ2n) is 4.23. The molecule has 0 saturated carbocycles.